The first-order valence-corrected chi connectivity index (χ1v) is 9.85. The van der Waals surface area contributed by atoms with E-state index in [1.54, 1.807) is 24.5 Å². The van der Waals surface area contributed by atoms with Gasteiger partial charge < -0.3 is 4.57 Å². The number of aryl methyl sites for hydroxylation is 2. The van der Waals surface area contributed by atoms with Crippen LogP contribution in [0.1, 0.15) is 22.5 Å². The van der Waals surface area contributed by atoms with Gasteiger partial charge in [-0.15, -0.1) is 0 Å². The van der Waals surface area contributed by atoms with E-state index in [1.165, 1.54) is 4.90 Å². The first kappa shape index (κ1) is 19.7. The van der Waals surface area contributed by atoms with E-state index in [0.29, 0.717) is 5.69 Å². The van der Waals surface area contributed by atoms with Crippen molar-refractivity contribution in [3.63, 3.8) is 0 Å². The summed E-state index contributed by atoms with van der Waals surface area (Å²) in [6, 6.07) is 13.2. The Balaban J connectivity index is 1.77. The lowest BCUT2D eigenvalue weighted by Crippen LogP contribution is -2.54. The molecule has 3 aromatic rings. The smallest absolute Gasteiger partial charge is 0.270 e. The lowest BCUT2D eigenvalue weighted by atomic mass is 10.1. The van der Waals surface area contributed by atoms with Gasteiger partial charge in [0.1, 0.15) is 5.57 Å². The fourth-order valence-electron chi connectivity index (χ4n) is 3.64. The standard InChI is InChI=1S/C23H20N4O2S/c1-14-5-4-6-19(11-14)27-22(29)20(21(28)25-23(27)30)13-17-12-15(2)26(16(17)3)18-7-9-24-10-8-18/h4-13H,1-3H3,(H,25,28,30). The number of hydrogen-bond donors (Lipinski definition) is 1. The van der Waals surface area contributed by atoms with E-state index in [2.05, 4.69) is 14.9 Å². The molecule has 1 aliphatic heterocycles. The molecule has 2 aromatic heterocycles. The monoisotopic (exact) mass is 416 g/mol. The Hall–Kier alpha value is -3.58. The van der Waals surface area contributed by atoms with Gasteiger partial charge in [0.05, 0.1) is 5.69 Å². The van der Waals surface area contributed by atoms with Crippen LogP contribution in [-0.2, 0) is 9.59 Å². The molecule has 1 N–H and O–H groups in total. The van der Waals surface area contributed by atoms with Gasteiger partial charge in [0, 0.05) is 29.5 Å². The Morgan fingerprint density at radius 3 is 2.43 bits per heavy atom. The molecular weight excluding hydrogens is 396 g/mol. The van der Waals surface area contributed by atoms with Crippen molar-refractivity contribution in [2.24, 2.45) is 0 Å². The molecule has 0 radical (unpaired) electrons. The number of aromatic nitrogens is 2. The third kappa shape index (κ3) is 3.44. The molecule has 0 atom stereocenters. The number of carbonyl (C=O) groups excluding carboxylic acids is 2. The zero-order valence-corrected chi connectivity index (χ0v) is 17.7. The summed E-state index contributed by atoms with van der Waals surface area (Å²) in [6.07, 6.45) is 5.08. The fourth-order valence-corrected chi connectivity index (χ4v) is 3.92. The second-order valence-electron chi connectivity index (χ2n) is 7.16. The Labute approximate surface area is 179 Å². The van der Waals surface area contributed by atoms with Crippen LogP contribution < -0.4 is 10.2 Å². The number of benzene rings is 1. The highest BCUT2D eigenvalue weighted by atomic mass is 32.1. The molecule has 150 valence electrons. The number of nitrogens with zero attached hydrogens (tertiary/aromatic N) is 3. The van der Waals surface area contributed by atoms with Crippen molar-refractivity contribution in [2.75, 3.05) is 4.90 Å². The molecule has 2 amide bonds. The zero-order valence-electron chi connectivity index (χ0n) is 16.8. The molecule has 0 unspecified atom stereocenters. The topological polar surface area (TPSA) is 67.2 Å². The SMILES string of the molecule is Cc1cccc(N2C(=O)C(=Cc3cc(C)n(-c4ccncc4)c3C)C(=O)NC2=S)c1. The van der Waals surface area contributed by atoms with Crippen LogP contribution in [0.25, 0.3) is 11.8 Å². The summed E-state index contributed by atoms with van der Waals surface area (Å²) in [6.45, 7) is 5.87. The molecule has 0 spiro atoms. The van der Waals surface area contributed by atoms with Crippen LogP contribution >= 0.6 is 12.2 Å². The van der Waals surface area contributed by atoms with Gasteiger partial charge in [0.15, 0.2) is 5.11 Å². The van der Waals surface area contributed by atoms with Gasteiger partial charge in [-0.25, -0.2) is 0 Å². The van der Waals surface area contributed by atoms with Crippen molar-refractivity contribution < 1.29 is 9.59 Å². The van der Waals surface area contributed by atoms with Crippen molar-refractivity contribution in [3.8, 4) is 5.69 Å². The summed E-state index contributed by atoms with van der Waals surface area (Å²) in [5.74, 6) is -0.939. The summed E-state index contributed by atoms with van der Waals surface area (Å²) in [5, 5.41) is 2.71. The summed E-state index contributed by atoms with van der Waals surface area (Å²) in [4.78, 5) is 31.3. The zero-order chi connectivity index (χ0) is 21.4. The number of hydrogen-bond acceptors (Lipinski definition) is 4. The summed E-state index contributed by atoms with van der Waals surface area (Å²) in [7, 11) is 0. The molecule has 7 heteroatoms. The number of amides is 2. The maximum Gasteiger partial charge on any atom is 0.270 e. The van der Waals surface area contributed by atoms with Crippen LogP contribution in [0.3, 0.4) is 0 Å². The molecule has 0 aliphatic carbocycles. The normalized spacial score (nSPS) is 15.6. The van der Waals surface area contributed by atoms with Crippen molar-refractivity contribution in [1.82, 2.24) is 14.9 Å². The van der Waals surface area contributed by atoms with Crippen LogP contribution in [0.4, 0.5) is 5.69 Å². The number of nitrogens with one attached hydrogen (secondary N) is 1. The van der Waals surface area contributed by atoms with Crippen LogP contribution in [-0.4, -0.2) is 26.5 Å². The van der Waals surface area contributed by atoms with E-state index in [4.69, 9.17) is 12.2 Å². The third-order valence-electron chi connectivity index (χ3n) is 5.05. The summed E-state index contributed by atoms with van der Waals surface area (Å²) < 4.78 is 2.06. The highest BCUT2D eigenvalue weighted by Gasteiger charge is 2.34. The van der Waals surface area contributed by atoms with E-state index in [9.17, 15) is 9.59 Å². The maximum atomic E-state index is 13.2. The Morgan fingerprint density at radius 2 is 1.73 bits per heavy atom. The Bertz CT molecular complexity index is 1210. The molecule has 1 aromatic carbocycles. The number of carbonyl (C=O) groups is 2. The van der Waals surface area contributed by atoms with Crippen molar-refractivity contribution >= 4 is 40.9 Å². The number of thiocarbonyl (C=S) groups is 1. The highest BCUT2D eigenvalue weighted by molar-refractivity contribution is 7.80. The number of rotatable bonds is 3. The highest BCUT2D eigenvalue weighted by Crippen LogP contribution is 2.26. The Morgan fingerprint density at radius 1 is 1.00 bits per heavy atom. The third-order valence-corrected chi connectivity index (χ3v) is 5.34. The Kier molecular flexibility index (Phi) is 5.05. The molecular formula is C23H20N4O2S. The van der Waals surface area contributed by atoms with Gasteiger partial charge in [-0.1, -0.05) is 12.1 Å². The molecule has 1 aliphatic rings. The van der Waals surface area contributed by atoms with Crippen molar-refractivity contribution in [3.05, 3.63) is 82.9 Å². The average molecular weight is 417 g/mol. The summed E-state index contributed by atoms with van der Waals surface area (Å²) in [5.41, 5.74) is 5.32. The van der Waals surface area contributed by atoms with Gasteiger partial charge in [0.25, 0.3) is 11.8 Å². The average Bonchev–Trinajstić information content (AvgIpc) is 2.99. The molecule has 1 saturated heterocycles. The van der Waals surface area contributed by atoms with Gasteiger partial charge in [-0.2, -0.15) is 0 Å². The van der Waals surface area contributed by atoms with Gasteiger partial charge >= 0.3 is 0 Å². The molecule has 3 heterocycles. The van der Waals surface area contributed by atoms with Crippen molar-refractivity contribution in [2.45, 2.75) is 20.8 Å². The molecule has 4 rings (SSSR count). The number of anilines is 1. The quantitative estimate of drug-likeness (QED) is 0.402. The first-order chi connectivity index (χ1) is 14.4. The molecule has 30 heavy (non-hydrogen) atoms. The molecule has 6 nitrogen and oxygen atoms in total. The molecule has 0 saturated carbocycles. The molecule has 0 bridgehead atoms. The second-order valence-corrected chi connectivity index (χ2v) is 7.55. The summed E-state index contributed by atoms with van der Waals surface area (Å²) >= 11 is 5.27. The lowest BCUT2D eigenvalue weighted by Gasteiger charge is -2.29. The van der Waals surface area contributed by atoms with E-state index >= 15 is 0 Å². The van der Waals surface area contributed by atoms with Crippen LogP contribution in [0.15, 0.2) is 60.4 Å². The van der Waals surface area contributed by atoms with Gasteiger partial charge in [-0.3, -0.25) is 24.8 Å². The fraction of sp³-hybridized carbons (Fsp3) is 0.130. The largest absolute Gasteiger partial charge is 0.318 e. The van der Waals surface area contributed by atoms with E-state index in [-0.39, 0.29) is 10.7 Å². The van der Waals surface area contributed by atoms with E-state index in [1.807, 2.05) is 57.2 Å². The van der Waals surface area contributed by atoms with Gasteiger partial charge in [-0.05, 0) is 80.5 Å². The van der Waals surface area contributed by atoms with Crippen molar-refractivity contribution in [1.29, 1.82) is 0 Å². The van der Waals surface area contributed by atoms with Crippen LogP contribution in [0.5, 0.6) is 0 Å². The van der Waals surface area contributed by atoms with E-state index in [0.717, 1.165) is 28.2 Å². The van der Waals surface area contributed by atoms with Gasteiger partial charge in [0.2, 0.25) is 0 Å². The second kappa shape index (κ2) is 7.68. The maximum absolute atomic E-state index is 13.2. The minimum absolute atomic E-state index is 0.0417. The number of pyridine rings is 1. The van der Waals surface area contributed by atoms with E-state index < -0.39 is 11.8 Å². The van der Waals surface area contributed by atoms with Crippen LogP contribution in [0.2, 0.25) is 0 Å². The lowest BCUT2D eigenvalue weighted by molar-refractivity contribution is -0.122. The minimum Gasteiger partial charge on any atom is -0.318 e. The first-order valence-electron chi connectivity index (χ1n) is 9.44. The minimum atomic E-state index is -0.498. The van der Waals surface area contributed by atoms with Crippen LogP contribution in [0, 0.1) is 20.8 Å². The predicted molar refractivity (Wildman–Crippen MR) is 120 cm³/mol. The molecule has 1 fully saturated rings. The predicted octanol–water partition coefficient (Wildman–Crippen LogP) is 3.63.